The minimum absolute atomic E-state index is 0.0224. The smallest absolute Gasteiger partial charge is 0.281 e. The van der Waals surface area contributed by atoms with Crippen LogP contribution in [0.15, 0.2) is 46.3 Å². The Morgan fingerprint density at radius 2 is 1.76 bits per heavy atom. The van der Waals surface area contributed by atoms with Gasteiger partial charge in [0.2, 0.25) is 0 Å². The van der Waals surface area contributed by atoms with Crippen LogP contribution < -0.4 is 5.56 Å². The molecule has 0 radical (unpaired) electrons. The largest absolute Gasteiger partial charge is 0.407 e. The highest BCUT2D eigenvalue weighted by Crippen LogP contribution is 2.37. The Kier molecular flexibility index (Phi) is 4.84. The van der Waals surface area contributed by atoms with E-state index >= 15 is 0 Å². The molecule has 0 spiro atoms. The van der Waals surface area contributed by atoms with Crippen molar-refractivity contribution in [3.8, 4) is 11.3 Å². The molecule has 0 saturated heterocycles. The molecule has 130 valence electrons. The molecule has 0 N–H and O–H groups in total. The zero-order valence-corrected chi connectivity index (χ0v) is 13.9. The Bertz CT molecular complexity index is 899. The van der Waals surface area contributed by atoms with Crippen molar-refractivity contribution in [1.82, 2.24) is 4.68 Å². The molecule has 2 aromatic rings. The van der Waals surface area contributed by atoms with Crippen LogP contribution >= 0.6 is 0 Å². The number of halogens is 3. The van der Waals surface area contributed by atoms with Crippen molar-refractivity contribution in [1.29, 1.82) is 0 Å². The Balaban J connectivity index is 2.88. The molecule has 1 aromatic heterocycles. The third kappa shape index (κ3) is 4.15. The Morgan fingerprint density at radius 3 is 2.24 bits per heavy atom. The van der Waals surface area contributed by atoms with Crippen LogP contribution in [0.5, 0.6) is 0 Å². The van der Waals surface area contributed by atoms with E-state index in [1.165, 1.54) is 6.21 Å². The van der Waals surface area contributed by atoms with Crippen molar-refractivity contribution in [2.75, 3.05) is 0 Å². The summed E-state index contributed by atoms with van der Waals surface area (Å²) in [6, 6.07) is 8.96. The molecular weight excluding hydrogens is 331 g/mol. The summed E-state index contributed by atoms with van der Waals surface area (Å²) in [5, 5.41) is 4.05. The first kappa shape index (κ1) is 18.5. The molecule has 1 aromatic carbocycles. The van der Waals surface area contributed by atoms with Gasteiger partial charge in [0, 0.05) is 11.8 Å². The summed E-state index contributed by atoms with van der Waals surface area (Å²) in [6.07, 6.45) is -3.35. The van der Waals surface area contributed by atoms with Gasteiger partial charge in [-0.3, -0.25) is 4.79 Å². The monoisotopic (exact) mass is 347 g/mol. The van der Waals surface area contributed by atoms with Crippen LogP contribution in [0.3, 0.4) is 0 Å². The first-order chi connectivity index (χ1) is 11.5. The van der Waals surface area contributed by atoms with Crippen LogP contribution in [0.4, 0.5) is 18.9 Å². The Hall–Kier alpha value is -2.88. The van der Waals surface area contributed by atoms with Crippen LogP contribution in [-0.4, -0.2) is 10.9 Å². The highest BCUT2D eigenvalue weighted by atomic mass is 19.4. The van der Waals surface area contributed by atoms with Crippen molar-refractivity contribution < 1.29 is 13.2 Å². The van der Waals surface area contributed by atoms with Crippen LogP contribution in [0.25, 0.3) is 16.1 Å². The molecule has 0 aliphatic carbocycles. The van der Waals surface area contributed by atoms with Crippen molar-refractivity contribution in [3.63, 3.8) is 0 Å². The first-order valence-electron chi connectivity index (χ1n) is 7.40. The minimum Gasteiger partial charge on any atom is -0.281 e. The third-order valence-corrected chi connectivity index (χ3v) is 3.21. The van der Waals surface area contributed by atoms with Crippen molar-refractivity contribution in [2.24, 2.45) is 10.5 Å². The first-order valence-corrected chi connectivity index (χ1v) is 7.40. The lowest BCUT2D eigenvalue weighted by Gasteiger charge is -2.16. The predicted octanol–water partition coefficient (Wildman–Crippen LogP) is 4.96. The van der Waals surface area contributed by atoms with Gasteiger partial charge in [-0.2, -0.15) is 18.3 Å². The molecule has 0 atom stereocenters. The number of nitrogens with zero attached hydrogens (tertiary/aromatic N) is 3. The number of rotatable bonds is 2. The number of hydrogen-bond acceptors (Lipinski definition) is 2. The lowest BCUT2D eigenvalue weighted by atomic mass is 9.99. The molecule has 25 heavy (non-hydrogen) atoms. The minimum atomic E-state index is -4.81. The average molecular weight is 347 g/mol. The lowest BCUT2D eigenvalue weighted by molar-refractivity contribution is -0.136. The van der Waals surface area contributed by atoms with Gasteiger partial charge in [-0.25, -0.2) is 9.52 Å². The lowest BCUT2D eigenvalue weighted by Crippen LogP contribution is -2.23. The van der Waals surface area contributed by atoms with E-state index < -0.39 is 28.4 Å². The molecule has 0 aliphatic heterocycles. The summed E-state index contributed by atoms with van der Waals surface area (Å²) in [4.78, 5) is 15.3. The fourth-order valence-electron chi connectivity index (χ4n) is 2.08. The molecule has 0 saturated carbocycles. The van der Waals surface area contributed by atoms with Gasteiger partial charge in [0.1, 0.15) is 0 Å². The molecule has 0 fully saturated rings. The Morgan fingerprint density at radius 1 is 1.16 bits per heavy atom. The number of pyridine rings is 1. The number of hydrogen-bond donors (Lipinski definition) is 0. The van der Waals surface area contributed by atoms with E-state index in [1.54, 1.807) is 30.3 Å². The van der Waals surface area contributed by atoms with Crippen molar-refractivity contribution >= 4 is 11.9 Å². The maximum Gasteiger partial charge on any atom is 0.407 e. The van der Waals surface area contributed by atoms with E-state index in [9.17, 15) is 18.0 Å². The fraction of sp³-hybridized carbons (Fsp3) is 0.278. The summed E-state index contributed by atoms with van der Waals surface area (Å²) in [5.74, 6) is 0. The van der Waals surface area contributed by atoms with E-state index in [2.05, 4.69) is 9.95 Å². The van der Waals surface area contributed by atoms with E-state index in [0.717, 1.165) is 10.7 Å². The maximum atomic E-state index is 13.3. The Labute approximate surface area is 143 Å². The van der Waals surface area contributed by atoms with E-state index in [1.807, 2.05) is 20.8 Å². The summed E-state index contributed by atoms with van der Waals surface area (Å²) in [6.45, 7) is 12.5. The molecular formula is C18H16F3N3O. The second-order valence-electron chi connectivity index (χ2n) is 6.49. The average Bonchev–Trinajstić information content (AvgIpc) is 2.52. The molecule has 0 amide bonds. The van der Waals surface area contributed by atoms with E-state index in [-0.39, 0.29) is 5.69 Å². The van der Waals surface area contributed by atoms with Gasteiger partial charge < -0.3 is 0 Å². The van der Waals surface area contributed by atoms with Gasteiger partial charge >= 0.3 is 6.18 Å². The van der Waals surface area contributed by atoms with E-state index in [0.29, 0.717) is 5.56 Å². The number of benzene rings is 1. The normalized spacial score (nSPS) is 12.4. The molecule has 0 unspecified atom stereocenters. The zero-order chi connectivity index (χ0) is 18.8. The number of aromatic nitrogens is 1. The SMILES string of the molecule is [C-]#[N+]c1c(C(F)(F)F)cc(-c2ccccc2)n(N=CC(C)(C)C)c1=O. The summed E-state index contributed by atoms with van der Waals surface area (Å²) >= 11 is 0. The standard InChI is InChI=1S/C18H16F3N3O/c1-17(2,3)11-23-24-14(12-8-6-5-7-9-12)10-13(18(19,20)21)15(22-4)16(24)25/h5-11H,1-3H3. The molecule has 1 heterocycles. The topological polar surface area (TPSA) is 38.7 Å². The van der Waals surface area contributed by atoms with Crippen LogP contribution in [0.2, 0.25) is 0 Å². The van der Waals surface area contributed by atoms with Gasteiger partial charge in [0.25, 0.3) is 11.2 Å². The van der Waals surface area contributed by atoms with Gasteiger partial charge in [-0.05, 0) is 11.5 Å². The second-order valence-corrected chi connectivity index (χ2v) is 6.49. The quantitative estimate of drug-likeness (QED) is 0.559. The van der Waals surface area contributed by atoms with Crippen LogP contribution in [0, 0.1) is 12.0 Å². The fourth-order valence-corrected chi connectivity index (χ4v) is 2.08. The summed E-state index contributed by atoms with van der Waals surface area (Å²) in [7, 11) is 0. The molecule has 0 aliphatic rings. The van der Waals surface area contributed by atoms with Gasteiger partial charge in [0.15, 0.2) is 0 Å². The van der Waals surface area contributed by atoms with Gasteiger partial charge in [-0.1, -0.05) is 51.1 Å². The molecule has 4 nitrogen and oxygen atoms in total. The highest BCUT2D eigenvalue weighted by Gasteiger charge is 2.36. The number of alkyl halides is 3. The predicted molar refractivity (Wildman–Crippen MR) is 90.7 cm³/mol. The second kappa shape index (κ2) is 6.55. The van der Waals surface area contributed by atoms with Gasteiger partial charge in [0.05, 0.1) is 17.8 Å². The maximum absolute atomic E-state index is 13.3. The zero-order valence-electron chi connectivity index (χ0n) is 13.9. The van der Waals surface area contributed by atoms with E-state index in [4.69, 9.17) is 6.57 Å². The summed E-state index contributed by atoms with van der Waals surface area (Å²) in [5.41, 5.74) is -3.36. The van der Waals surface area contributed by atoms with Crippen LogP contribution in [0.1, 0.15) is 26.3 Å². The molecule has 2 rings (SSSR count). The highest BCUT2D eigenvalue weighted by molar-refractivity contribution is 5.68. The van der Waals surface area contributed by atoms with Crippen molar-refractivity contribution in [2.45, 2.75) is 26.9 Å². The molecule has 7 heteroatoms. The van der Waals surface area contributed by atoms with Crippen molar-refractivity contribution in [3.05, 3.63) is 63.7 Å². The summed E-state index contributed by atoms with van der Waals surface area (Å²) < 4.78 is 40.7. The molecule has 0 bridgehead atoms. The van der Waals surface area contributed by atoms with Gasteiger partial charge in [-0.15, -0.1) is 0 Å². The third-order valence-electron chi connectivity index (χ3n) is 3.21. The van der Waals surface area contributed by atoms with Crippen LogP contribution in [-0.2, 0) is 6.18 Å².